The molecule has 3 atom stereocenters. The first-order chi connectivity index (χ1) is 26.2. The van der Waals surface area contributed by atoms with Gasteiger partial charge in [-0.3, -0.25) is 9.36 Å². The number of aliphatic hydroxyl groups is 1. The molecule has 54 heavy (non-hydrogen) atoms. The second kappa shape index (κ2) is 17.4. The third-order valence-electron chi connectivity index (χ3n) is 9.64. The van der Waals surface area contributed by atoms with Crippen molar-refractivity contribution in [3.63, 3.8) is 0 Å². The number of aromatic nitrogens is 2. The number of aryl methyl sites for hydroxylation is 1. The summed E-state index contributed by atoms with van der Waals surface area (Å²) in [7, 11) is 4.70. The topological polar surface area (TPSA) is 129 Å². The molecule has 1 saturated heterocycles. The fraction of sp³-hybridized carbons (Fsp3) is 0.333. The zero-order chi connectivity index (χ0) is 38.1. The molecule has 12 nitrogen and oxygen atoms in total. The number of rotatable bonds is 17. The monoisotopic (exact) mass is 738 g/mol. The molecule has 1 fully saturated rings. The highest BCUT2D eigenvalue weighted by atomic mass is 16.7. The number of benzene rings is 4. The molecule has 6 rings (SSSR count). The number of methoxy groups -OCH3 is 3. The van der Waals surface area contributed by atoms with Gasteiger partial charge in [0.1, 0.15) is 48.6 Å². The van der Waals surface area contributed by atoms with Crippen molar-refractivity contribution < 1.29 is 38.3 Å². The van der Waals surface area contributed by atoms with Crippen LogP contribution in [-0.4, -0.2) is 67.3 Å². The van der Waals surface area contributed by atoms with Gasteiger partial charge in [-0.25, -0.2) is 9.36 Å². The van der Waals surface area contributed by atoms with Crippen molar-refractivity contribution in [2.75, 3.05) is 41.3 Å². The number of hydrogen-bond acceptors (Lipinski definition) is 10. The Hall–Kier alpha value is -5.08. The molecule has 0 radical (unpaired) electrons. The van der Waals surface area contributed by atoms with E-state index >= 15 is 0 Å². The second-order valence-electron chi connectivity index (χ2n) is 13.2. The molecule has 1 N–H and O–H groups in total. The minimum Gasteiger partial charge on any atom is -0.497 e. The van der Waals surface area contributed by atoms with Gasteiger partial charge in [-0.15, -0.1) is 0 Å². The fourth-order valence-electron chi connectivity index (χ4n) is 6.79. The maximum absolute atomic E-state index is 13.9. The van der Waals surface area contributed by atoms with Crippen LogP contribution in [0.3, 0.4) is 0 Å². The van der Waals surface area contributed by atoms with E-state index in [0.29, 0.717) is 17.1 Å². The average Bonchev–Trinajstić information content (AvgIpc) is 3.54. The largest absolute Gasteiger partial charge is 0.497 e. The summed E-state index contributed by atoms with van der Waals surface area (Å²) in [4.78, 5) is 27.1. The molecule has 1 aromatic heterocycles. The normalized spacial score (nSPS) is 18.5. The molecule has 0 spiro atoms. The number of ether oxygens (including phenoxy) is 7. The van der Waals surface area contributed by atoms with Gasteiger partial charge in [0.25, 0.3) is 5.56 Å². The van der Waals surface area contributed by atoms with E-state index in [0.717, 1.165) is 26.8 Å². The highest BCUT2D eigenvalue weighted by Gasteiger charge is 2.50. The van der Waals surface area contributed by atoms with Gasteiger partial charge in [0.15, 0.2) is 0 Å². The van der Waals surface area contributed by atoms with Crippen LogP contribution < -0.4 is 20.7 Å². The predicted octanol–water partition coefficient (Wildman–Crippen LogP) is 5.16. The van der Waals surface area contributed by atoms with Crippen LogP contribution >= 0.6 is 0 Å². The van der Waals surface area contributed by atoms with Gasteiger partial charge in [-0.1, -0.05) is 84.9 Å². The van der Waals surface area contributed by atoms with E-state index in [9.17, 15) is 14.7 Å². The van der Waals surface area contributed by atoms with Crippen LogP contribution in [0.2, 0.25) is 0 Å². The first-order valence-corrected chi connectivity index (χ1v) is 17.6. The first kappa shape index (κ1) is 38.6. The first-order valence-electron chi connectivity index (χ1n) is 17.6. The summed E-state index contributed by atoms with van der Waals surface area (Å²) in [5.41, 5.74) is -0.336. The zero-order valence-electron chi connectivity index (χ0n) is 30.9. The average molecular weight is 739 g/mol. The van der Waals surface area contributed by atoms with Crippen LogP contribution in [0.15, 0.2) is 125 Å². The van der Waals surface area contributed by atoms with E-state index < -0.39 is 34.8 Å². The lowest BCUT2D eigenvalue weighted by molar-refractivity contribution is -0.154. The number of nitrogens with zero attached hydrogens (tertiary/aromatic N) is 2. The Balaban J connectivity index is 1.37. The second-order valence-corrected chi connectivity index (χ2v) is 13.2. The summed E-state index contributed by atoms with van der Waals surface area (Å²) in [6.07, 6.45) is -0.571. The molecule has 0 aliphatic carbocycles. The lowest BCUT2D eigenvalue weighted by Gasteiger charge is -2.38. The lowest BCUT2D eigenvalue weighted by atomic mass is 9.79. The molecular formula is C42H46N2O10. The Bertz CT molecular complexity index is 2020. The fourth-order valence-corrected chi connectivity index (χ4v) is 6.79. The quantitative estimate of drug-likeness (QED) is 0.0777. The predicted molar refractivity (Wildman–Crippen MR) is 200 cm³/mol. The van der Waals surface area contributed by atoms with Gasteiger partial charge in [-0.2, -0.15) is 0 Å². The summed E-state index contributed by atoms with van der Waals surface area (Å²) in [6.45, 7) is 1.18. The molecule has 12 heteroatoms. The smallest absolute Gasteiger partial charge is 0.335 e. The van der Waals surface area contributed by atoms with E-state index in [1.54, 1.807) is 21.1 Å². The Morgan fingerprint density at radius 3 is 1.94 bits per heavy atom. The van der Waals surface area contributed by atoms with Gasteiger partial charge in [-0.05, 0) is 53.4 Å². The standard InChI is InChI=1S/C42H46N2O10/c1-30-24-43(40(46)44(39(30)45)28-51-25-31-11-7-5-8-12-31)38-23-41(47,27-52-29-48-2)37(54-38)26-53-42(32-13-9-6-10-14-32,33-15-19-35(49-3)20-16-33)34-17-21-36(50-4)22-18-34/h5-22,24,37-38,47H,23,25-29H2,1-4H3/t37-,38-,41?/m1/s1. The van der Waals surface area contributed by atoms with Crippen LogP contribution in [0.1, 0.15) is 40.5 Å². The number of hydrogen-bond donors (Lipinski definition) is 1. The SMILES string of the molecule is COCOCC1(O)C[C@H](n2cc(C)c(=O)n(COCc3ccccc3)c2=O)O[C@@H]1COC(c1ccccc1)(c1ccc(OC)cc1)c1ccc(OC)cc1. The molecule has 284 valence electrons. The third kappa shape index (κ3) is 8.19. The van der Waals surface area contributed by atoms with Gasteiger partial charge in [0, 0.05) is 25.3 Å². The van der Waals surface area contributed by atoms with Crippen molar-refractivity contribution in [3.05, 3.63) is 164 Å². The van der Waals surface area contributed by atoms with Crippen molar-refractivity contribution in [2.24, 2.45) is 0 Å². The molecule has 4 aromatic carbocycles. The van der Waals surface area contributed by atoms with Crippen LogP contribution in [0, 0.1) is 6.92 Å². The van der Waals surface area contributed by atoms with E-state index in [-0.39, 0.29) is 39.8 Å². The Morgan fingerprint density at radius 2 is 1.37 bits per heavy atom. The van der Waals surface area contributed by atoms with Gasteiger partial charge in [0.2, 0.25) is 0 Å². The Labute approximate surface area is 314 Å². The van der Waals surface area contributed by atoms with Crippen molar-refractivity contribution >= 4 is 0 Å². The maximum atomic E-state index is 13.9. The van der Waals surface area contributed by atoms with Crippen LogP contribution in [0.4, 0.5) is 0 Å². The van der Waals surface area contributed by atoms with Crippen molar-refractivity contribution in [2.45, 2.75) is 50.2 Å². The minimum absolute atomic E-state index is 0.0451. The van der Waals surface area contributed by atoms with E-state index in [1.165, 1.54) is 17.9 Å². The summed E-state index contributed by atoms with van der Waals surface area (Å²) in [5, 5.41) is 12.3. The van der Waals surface area contributed by atoms with Crippen LogP contribution in [-0.2, 0) is 42.6 Å². The summed E-state index contributed by atoms with van der Waals surface area (Å²) < 4.78 is 43.6. The van der Waals surface area contributed by atoms with E-state index in [2.05, 4.69) is 0 Å². The lowest BCUT2D eigenvalue weighted by Crippen LogP contribution is -2.47. The van der Waals surface area contributed by atoms with Crippen molar-refractivity contribution in [3.8, 4) is 11.5 Å². The highest BCUT2D eigenvalue weighted by molar-refractivity contribution is 5.49. The van der Waals surface area contributed by atoms with E-state index in [1.807, 2.05) is 109 Å². The highest BCUT2D eigenvalue weighted by Crippen LogP contribution is 2.44. The molecule has 2 heterocycles. The summed E-state index contributed by atoms with van der Waals surface area (Å²) in [5.74, 6) is 1.35. The molecule has 0 amide bonds. The molecule has 1 unspecified atom stereocenters. The van der Waals surface area contributed by atoms with Gasteiger partial charge in [0.05, 0.1) is 34.0 Å². The molecule has 1 aliphatic heterocycles. The van der Waals surface area contributed by atoms with Gasteiger partial charge < -0.3 is 38.3 Å². The minimum atomic E-state index is -1.64. The van der Waals surface area contributed by atoms with Gasteiger partial charge >= 0.3 is 5.69 Å². The van der Waals surface area contributed by atoms with Crippen molar-refractivity contribution in [1.29, 1.82) is 0 Å². The van der Waals surface area contributed by atoms with Crippen LogP contribution in [0.5, 0.6) is 11.5 Å². The van der Waals surface area contributed by atoms with E-state index in [4.69, 9.17) is 33.2 Å². The molecule has 0 bridgehead atoms. The maximum Gasteiger partial charge on any atom is 0.335 e. The zero-order valence-corrected chi connectivity index (χ0v) is 30.9. The van der Waals surface area contributed by atoms with Crippen molar-refractivity contribution in [1.82, 2.24) is 9.13 Å². The molecule has 0 saturated carbocycles. The summed E-state index contributed by atoms with van der Waals surface area (Å²) >= 11 is 0. The molecule has 5 aromatic rings. The Morgan fingerprint density at radius 1 is 0.796 bits per heavy atom. The van der Waals surface area contributed by atoms with Crippen LogP contribution in [0.25, 0.3) is 0 Å². The molecule has 1 aliphatic rings. The summed E-state index contributed by atoms with van der Waals surface area (Å²) in [6, 6.07) is 34.4. The Kier molecular flexibility index (Phi) is 12.4. The molecular weight excluding hydrogens is 692 g/mol. The third-order valence-corrected chi connectivity index (χ3v) is 9.64.